The predicted octanol–water partition coefficient (Wildman–Crippen LogP) is 0.954. The molecule has 1 fully saturated rings. The molecule has 84 valence electrons. The Bertz CT molecular complexity index is 500. The van der Waals surface area contributed by atoms with Crippen molar-refractivity contribution in [1.82, 2.24) is 19.9 Å². The molecule has 2 heterocycles. The Hall–Kier alpha value is -1.62. The van der Waals surface area contributed by atoms with Crippen molar-refractivity contribution in [2.45, 2.75) is 31.8 Å². The van der Waals surface area contributed by atoms with Crippen LogP contribution in [0.15, 0.2) is 18.2 Å². The third-order valence-corrected chi connectivity index (χ3v) is 3.09. The molecule has 1 aliphatic carbocycles. The van der Waals surface area contributed by atoms with E-state index in [9.17, 15) is 0 Å². The molecule has 0 atom stereocenters. The van der Waals surface area contributed by atoms with Crippen LogP contribution >= 0.6 is 0 Å². The van der Waals surface area contributed by atoms with Crippen LogP contribution in [0.2, 0.25) is 0 Å². The number of nitrogens with one attached hydrogen (secondary N) is 1. The van der Waals surface area contributed by atoms with Crippen LogP contribution < -0.4 is 11.1 Å². The number of hydrogen-bond acceptors (Lipinski definition) is 4. The molecule has 2 aromatic rings. The molecule has 0 aromatic carbocycles. The topological polar surface area (TPSA) is 68.2 Å². The standard InChI is InChI=1S/C11H15N5/c12-9-5-2-6-11-14-10(15-16(9)11)7-13-8-3-1-4-8/h2,5-6,8,13H,1,3-4,7,12H2. The lowest BCUT2D eigenvalue weighted by Crippen LogP contribution is -2.34. The molecule has 3 rings (SSSR count). The zero-order valence-electron chi connectivity index (χ0n) is 9.06. The average molecular weight is 217 g/mol. The second kappa shape index (κ2) is 3.75. The van der Waals surface area contributed by atoms with E-state index in [-0.39, 0.29) is 0 Å². The minimum absolute atomic E-state index is 0.625. The van der Waals surface area contributed by atoms with Crippen molar-refractivity contribution in [2.75, 3.05) is 5.73 Å². The van der Waals surface area contributed by atoms with Crippen molar-refractivity contribution in [2.24, 2.45) is 0 Å². The van der Waals surface area contributed by atoms with Gasteiger partial charge in [0.2, 0.25) is 0 Å². The first-order valence-electron chi connectivity index (χ1n) is 5.66. The number of rotatable bonds is 3. The van der Waals surface area contributed by atoms with Crippen molar-refractivity contribution < 1.29 is 0 Å². The van der Waals surface area contributed by atoms with Crippen LogP contribution in [-0.4, -0.2) is 20.6 Å². The van der Waals surface area contributed by atoms with Crippen molar-refractivity contribution in [3.63, 3.8) is 0 Å². The monoisotopic (exact) mass is 217 g/mol. The lowest BCUT2D eigenvalue weighted by molar-refractivity contribution is 0.335. The number of hydrogen-bond donors (Lipinski definition) is 2. The second-order valence-corrected chi connectivity index (χ2v) is 4.26. The quantitative estimate of drug-likeness (QED) is 0.803. The van der Waals surface area contributed by atoms with Crippen LogP contribution in [0, 0.1) is 0 Å². The van der Waals surface area contributed by atoms with Crippen LogP contribution in [0.25, 0.3) is 5.65 Å². The Kier molecular flexibility index (Phi) is 2.25. The van der Waals surface area contributed by atoms with Crippen molar-refractivity contribution in [1.29, 1.82) is 0 Å². The van der Waals surface area contributed by atoms with E-state index in [1.165, 1.54) is 19.3 Å². The van der Waals surface area contributed by atoms with Crippen LogP contribution in [0.1, 0.15) is 25.1 Å². The summed E-state index contributed by atoms with van der Waals surface area (Å²) < 4.78 is 1.68. The van der Waals surface area contributed by atoms with Crippen molar-refractivity contribution >= 4 is 11.5 Å². The minimum Gasteiger partial charge on any atom is -0.384 e. The molecule has 0 unspecified atom stereocenters. The van der Waals surface area contributed by atoms with Gasteiger partial charge in [-0.15, -0.1) is 5.10 Å². The van der Waals surface area contributed by atoms with Gasteiger partial charge >= 0.3 is 0 Å². The second-order valence-electron chi connectivity index (χ2n) is 4.26. The van der Waals surface area contributed by atoms with Gasteiger partial charge in [0.1, 0.15) is 5.82 Å². The van der Waals surface area contributed by atoms with Crippen LogP contribution in [0.4, 0.5) is 5.82 Å². The Morgan fingerprint density at radius 2 is 2.31 bits per heavy atom. The molecule has 0 amide bonds. The highest BCUT2D eigenvalue weighted by molar-refractivity contribution is 5.45. The summed E-state index contributed by atoms with van der Waals surface area (Å²) >= 11 is 0. The van der Waals surface area contributed by atoms with E-state index in [1.54, 1.807) is 4.52 Å². The first kappa shape index (κ1) is 9.59. The molecular formula is C11H15N5. The van der Waals surface area contributed by atoms with Gasteiger partial charge in [0, 0.05) is 6.04 Å². The highest BCUT2D eigenvalue weighted by Crippen LogP contribution is 2.18. The van der Waals surface area contributed by atoms with Gasteiger partial charge in [-0.1, -0.05) is 12.5 Å². The summed E-state index contributed by atoms with van der Waals surface area (Å²) in [6.07, 6.45) is 3.88. The van der Waals surface area contributed by atoms with Gasteiger partial charge in [0.25, 0.3) is 0 Å². The third kappa shape index (κ3) is 1.63. The predicted molar refractivity (Wildman–Crippen MR) is 61.9 cm³/mol. The Morgan fingerprint density at radius 3 is 3.00 bits per heavy atom. The molecule has 16 heavy (non-hydrogen) atoms. The first-order valence-corrected chi connectivity index (χ1v) is 5.66. The molecule has 0 saturated heterocycles. The summed E-state index contributed by atoms with van der Waals surface area (Å²) in [7, 11) is 0. The van der Waals surface area contributed by atoms with Gasteiger partial charge in [0.05, 0.1) is 6.54 Å². The van der Waals surface area contributed by atoms with Gasteiger partial charge in [0.15, 0.2) is 11.5 Å². The summed E-state index contributed by atoms with van der Waals surface area (Å²) in [4.78, 5) is 4.41. The molecule has 0 bridgehead atoms. The fraction of sp³-hybridized carbons (Fsp3) is 0.455. The fourth-order valence-electron chi connectivity index (χ4n) is 1.89. The largest absolute Gasteiger partial charge is 0.384 e. The summed E-state index contributed by atoms with van der Waals surface area (Å²) in [6.45, 7) is 0.728. The van der Waals surface area contributed by atoms with E-state index in [0.717, 1.165) is 18.0 Å². The molecule has 3 N–H and O–H groups in total. The summed E-state index contributed by atoms with van der Waals surface area (Å²) in [5.41, 5.74) is 6.61. The molecular weight excluding hydrogens is 202 g/mol. The highest BCUT2D eigenvalue weighted by Gasteiger charge is 2.17. The number of nitrogens with two attached hydrogens (primary N) is 1. The van der Waals surface area contributed by atoms with Gasteiger partial charge in [-0.05, 0) is 25.0 Å². The lowest BCUT2D eigenvalue weighted by Gasteiger charge is -2.25. The molecule has 2 aromatic heterocycles. The lowest BCUT2D eigenvalue weighted by atomic mass is 9.93. The Morgan fingerprint density at radius 1 is 1.44 bits per heavy atom. The number of anilines is 1. The normalized spacial score (nSPS) is 16.5. The maximum absolute atomic E-state index is 5.80. The molecule has 0 radical (unpaired) electrons. The van der Waals surface area contributed by atoms with Crippen molar-refractivity contribution in [3.05, 3.63) is 24.0 Å². The number of aromatic nitrogens is 3. The maximum atomic E-state index is 5.80. The number of nitrogen functional groups attached to an aromatic ring is 1. The van der Waals surface area contributed by atoms with Crippen molar-refractivity contribution in [3.8, 4) is 0 Å². The minimum atomic E-state index is 0.625. The molecule has 1 aliphatic rings. The molecule has 1 saturated carbocycles. The SMILES string of the molecule is Nc1cccc2nc(CNC3CCC3)nn12. The molecule has 5 nitrogen and oxygen atoms in total. The van der Waals surface area contributed by atoms with Gasteiger partial charge in [-0.3, -0.25) is 0 Å². The first-order chi connectivity index (χ1) is 7.83. The van der Waals surface area contributed by atoms with E-state index < -0.39 is 0 Å². The number of pyridine rings is 1. The summed E-state index contributed by atoms with van der Waals surface area (Å²) in [5, 5.41) is 7.80. The Balaban J connectivity index is 1.79. The van der Waals surface area contributed by atoms with E-state index >= 15 is 0 Å². The van der Waals surface area contributed by atoms with Crippen LogP contribution in [0.3, 0.4) is 0 Å². The Labute approximate surface area is 93.7 Å². The molecule has 0 aliphatic heterocycles. The van der Waals surface area contributed by atoms with Gasteiger partial charge in [-0.2, -0.15) is 4.52 Å². The summed E-state index contributed by atoms with van der Waals surface area (Å²) in [6, 6.07) is 6.28. The zero-order valence-corrected chi connectivity index (χ0v) is 9.06. The zero-order chi connectivity index (χ0) is 11.0. The maximum Gasteiger partial charge on any atom is 0.165 e. The third-order valence-electron chi connectivity index (χ3n) is 3.09. The van der Waals surface area contributed by atoms with E-state index in [4.69, 9.17) is 5.73 Å². The van der Waals surface area contributed by atoms with E-state index in [0.29, 0.717) is 11.9 Å². The number of nitrogens with zero attached hydrogens (tertiary/aromatic N) is 3. The van der Waals surface area contributed by atoms with E-state index in [2.05, 4.69) is 15.4 Å². The molecule has 5 heteroatoms. The smallest absolute Gasteiger partial charge is 0.165 e. The molecule has 0 spiro atoms. The highest BCUT2D eigenvalue weighted by atomic mass is 15.3. The average Bonchev–Trinajstić information content (AvgIpc) is 2.60. The van der Waals surface area contributed by atoms with Gasteiger partial charge < -0.3 is 11.1 Å². The van der Waals surface area contributed by atoms with E-state index in [1.807, 2.05) is 18.2 Å². The van der Waals surface area contributed by atoms with Crippen LogP contribution in [-0.2, 0) is 6.54 Å². The van der Waals surface area contributed by atoms with Crippen LogP contribution in [0.5, 0.6) is 0 Å². The van der Waals surface area contributed by atoms with Gasteiger partial charge in [-0.25, -0.2) is 4.98 Å². The summed E-state index contributed by atoms with van der Waals surface area (Å²) in [5.74, 6) is 1.43. The fourth-order valence-corrected chi connectivity index (χ4v) is 1.89. The number of fused-ring (bicyclic) bond motifs is 1.